The lowest BCUT2D eigenvalue weighted by molar-refractivity contribution is 0.708. The molecule has 0 radical (unpaired) electrons. The van der Waals surface area contributed by atoms with Crippen molar-refractivity contribution in [3.05, 3.63) is 23.9 Å². The SMILES string of the molecule is CC(C#N)CN(C)c1ncccc1CBr. The zero-order valence-electron chi connectivity index (χ0n) is 8.94. The second-order valence-electron chi connectivity index (χ2n) is 3.53. The topological polar surface area (TPSA) is 39.9 Å². The first-order chi connectivity index (χ1) is 7.19. The van der Waals surface area contributed by atoms with Gasteiger partial charge in [0.05, 0.1) is 12.0 Å². The lowest BCUT2D eigenvalue weighted by atomic mass is 10.2. The van der Waals surface area contributed by atoms with E-state index in [9.17, 15) is 0 Å². The fraction of sp³-hybridized carbons (Fsp3) is 0.455. The molecule has 1 unspecified atom stereocenters. The highest BCUT2D eigenvalue weighted by molar-refractivity contribution is 9.08. The van der Waals surface area contributed by atoms with Crippen LogP contribution in [0.2, 0.25) is 0 Å². The molecule has 15 heavy (non-hydrogen) atoms. The quantitative estimate of drug-likeness (QED) is 0.788. The summed E-state index contributed by atoms with van der Waals surface area (Å²) in [6.07, 6.45) is 1.77. The number of nitrogens with zero attached hydrogens (tertiary/aromatic N) is 3. The monoisotopic (exact) mass is 267 g/mol. The predicted octanol–water partition coefficient (Wildman–Crippen LogP) is 2.57. The van der Waals surface area contributed by atoms with Crippen molar-refractivity contribution in [3.63, 3.8) is 0 Å². The van der Waals surface area contributed by atoms with Crippen molar-refractivity contribution in [2.24, 2.45) is 5.92 Å². The number of hydrogen-bond donors (Lipinski definition) is 0. The summed E-state index contributed by atoms with van der Waals surface area (Å²) in [4.78, 5) is 6.34. The van der Waals surface area contributed by atoms with E-state index in [4.69, 9.17) is 5.26 Å². The van der Waals surface area contributed by atoms with Gasteiger partial charge in [0, 0.05) is 30.7 Å². The van der Waals surface area contributed by atoms with Crippen LogP contribution >= 0.6 is 15.9 Å². The Labute approximate surface area is 98.9 Å². The van der Waals surface area contributed by atoms with E-state index >= 15 is 0 Å². The molecule has 1 aromatic heterocycles. The first kappa shape index (κ1) is 12.0. The lowest BCUT2D eigenvalue weighted by Crippen LogP contribution is -2.25. The van der Waals surface area contributed by atoms with E-state index in [-0.39, 0.29) is 5.92 Å². The van der Waals surface area contributed by atoms with Gasteiger partial charge < -0.3 is 4.90 Å². The van der Waals surface area contributed by atoms with Gasteiger partial charge in [-0.3, -0.25) is 0 Å². The number of alkyl halides is 1. The minimum absolute atomic E-state index is 0.0141. The second kappa shape index (κ2) is 5.72. The highest BCUT2D eigenvalue weighted by Crippen LogP contribution is 2.19. The maximum absolute atomic E-state index is 8.75. The highest BCUT2D eigenvalue weighted by Gasteiger charge is 2.10. The Morgan fingerprint density at radius 2 is 2.40 bits per heavy atom. The molecule has 4 heteroatoms. The molecule has 3 nitrogen and oxygen atoms in total. The fourth-order valence-electron chi connectivity index (χ4n) is 1.42. The lowest BCUT2D eigenvalue weighted by Gasteiger charge is -2.21. The van der Waals surface area contributed by atoms with Gasteiger partial charge in [-0.05, 0) is 13.0 Å². The largest absolute Gasteiger partial charge is 0.358 e. The van der Waals surface area contributed by atoms with Crippen molar-refractivity contribution < 1.29 is 0 Å². The molecular weight excluding hydrogens is 254 g/mol. The maximum atomic E-state index is 8.75. The molecule has 80 valence electrons. The van der Waals surface area contributed by atoms with Crippen LogP contribution < -0.4 is 4.90 Å². The molecule has 1 heterocycles. The van der Waals surface area contributed by atoms with Crippen LogP contribution in [0, 0.1) is 17.2 Å². The Morgan fingerprint density at radius 3 is 3.00 bits per heavy atom. The van der Waals surface area contributed by atoms with Gasteiger partial charge in [-0.25, -0.2) is 4.98 Å². The normalized spacial score (nSPS) is 11.9. The molecule has 1 aromatic rings. The third-order valence-corrected chi connectivity index (χ3v) is 2.75. The average Bonchev–Trinajstić information content (AvgIpc) is 2.28. The zero-order chi connectivity index (χ0) is 11.3. The molecule has 0 amide bonds. The molecule has 0 saturated carbocycles. The summed E-state index contributed by atoms with van der Waals surface area (Å²) in [6.45, 7) is 2.61. The number of aromatic nitrogens is 1. The van der Waals surface area contributed by atoms with Crippen molar-refractivity contribution >= 4 is 21.7 Å². The number of pyridine rings is 1. The number of hydrogen-bond acceptors (Lipinski definition) is 3. The van der Waals surface area contributed by atoms with Crippen LogP contribution in [0.5, 0.6) is 0 Å². The van der Waals surface area contributed by atoms with Gasteiger partial charge in [-0.15, -0.1) is 0 Å². The molecule has 1 atom stereocenters. The molecule has 0 aliphatic heterocycles. The summed E-state index contributed by atoms with van der Waals surface area (Å²) in [7, 11) is 1.96. The minimum Gasteiger partial charge on any atom is -0.358 e. The second-order valence-corrected chi connectivity index (χ2v) is 4.09. The summed E-state index contributed by atoms with van der Waals surface area (Å²) in [5.74, 6) is 0.955. The van der Waals surface area contributed by atoms with Gasteiger partial charge in [0.25, 0.3) is 0 Å². The molecule has 0 aromatic carbocycles. The Morgan fingerprint density at radius 1 is 1.67 bits per heavy atom. The minimum atomic E-state index is 0.0141. The molecule has 0 spiro atoms. The van der Waals surface area contributed by atoms with Crippen LogP contribution in [0.1, 0.15) is 12.5 Å². The van der Waals surface area contributed by atoms with Gasteiger partial charge in [-0.1, -0.05) is 22.0 Å². The summed E-state index contributed by atoms with van der Waals surface area (Å²) in [6, 6.07) is 6.17. The first-order valence-electron chi connectivity index (χ1n) is 4.79. The fourth-order valence-corrected chi connectivity index (χ4v) is 1.85. The molecule has 1 rings (SSSR count). The molecule has 0 bridgehead atoms. The van der Waals surface area contributed by atoms with Gasteiger partial charge in [0.15, 0.2) is 0 Å². The third-order valence-electron chi connectivity index (χ3n) is 2.14. The first-order valence-corrected chi connectivity index (χ1v) is 5.91. The molecular formula is C11H14BrN3. The number of anilines is 1. The Balaban J connectivity index is 2.82. The van der Waals surface area contributed by atoms with E-state index in [1.165, 1.54) is 0 Å². The van der Waals surface area contributed by atoms with E-state index in [0.29, 0.717) is 6.54 Å². The van der Waals surface area contributed by atoms with Crippen LogP contribution in [0.3, 0.4) is 0 Å². The van der Waals surface area contributed by atoms with E-state index < -0.39 is 0 Å². The van der Waals surface area contributed by atoms with E-state index in [1.807, 2.05) is 31.0 Å². The Bertz CT molecular complexity index is 359. The van der Waals surface area contributed by atoms with Crippen LogP contribution in [0.25, 0.3) is 0 Å². The molecule has 0 fully saturated rings. The van der Waals surface area contributed by atoms with Gasteiger partial charge in [0.1, 0.15) is 5.82 Å². The summed E-state index contributed by atoms with van der Waals surface area (Å²) in [5, 5.41) is 9.53. The third kappa shape index (κ3) is 3.21. The van der Waals surface area contributed by atoms with Crippen molar-refractivity contribution in [3.8, 4) is 6.07 Å². The predicted molar refractivity (Wildman–Crippen MR) is 64.9 cm³/mol. The van der Waals surface area contributed by atoms with Crippen molar-refractivity contribution in [1.82, 2.24) is 4.98 Å². The standard InChI is InChI=1S/C11H14BrN3/c1-9(7-13)8-15(2)11-10(6-12)4-3-5-14-11/h3-5,9H,6,8H2,1-2H3. The highest BCUT2D eigenvalue weighted by atomic mass is 79.9. The summed E-state index contributed by atoms with van der Waals surface area (Å²) in [5.41, 5.74) is 1.14. The van der Waals surface area contributed by atoms with Crippen LogP contribution in [-0.2, 0) is 5.33 Å². The van der Waals surface area contributed by atoms with Crippen molar-refractivity contribution in [2.75, 3.05) is 18.5 Å². The summed E-state index contributed by atoms with van der Waals surface area (Å²) >= 11 is 3.43. The zero-order valence-corrected chi connectivity index (χ0v) is 10.5. The van der Waals surface area contributed by atoms with Crippen molar-refractivity contribution in [1.29, 1.82) is 5.26 Å². The van der Waals surface area contributed by atoms with Crippen LogP contribution in [-0.4, -0.2) is 18.6 Å². The number of rotatable bonds is 4. The van der Waals surface area contributed by atoms with E-state index in [1.54, 1.807) is 6.20 Å². The van der Waals surface area contributed by atoms with Gasteiger partial charge in [0.2, 0.25) is 0 Å². The molecule has 0 N–H and O–H groups in total. The Kier molecular flexibility index (Phi) is 4.57. The average molecular weight is 268 g/mol. The van der Waals surface area contributed by atoms with E-state index in [2.05, 4.69) is 27.0 Å². The maximum Gasteiger partial charge on any atom is 0.132 e. The Hall–Kier alpha value is -1.08. The van der Waals surface area contributed by atoms with Crippen LogP contribution in [0.4, 0.5) is 5.82 Å². The molecule has 0 saturated heterocycles. The number of nitriles is 1. The summed E-state index contributed by atoms with van der Waals surface area (Å²) < 4.78 is 0. The smallest absolute Gasteiger partial charge is 0.132 e. The van der Waals surface area contributed by atoms with Gasteiger partial charge >= 0.3 is 0 Å². The van der Waals surface area contributed by atoms with Gasteiger partial charge in [-0.2, -0.15) is 5.26 Å². The van der Waals surface area contributed by atoms with E-state index in [0.717, 1.165) is 16.7 Å². The van der Waals surface area contributed by atoms with Crippen LogP contribution in [0.15, 0.2) is 18.3 Å². The molecule has 0 aliphatic rings. The molecule has 0 aliphatic carbocycles. The van der Waals surface area contributed by atoms with Crippen molar-refractivity contribution in [2.45, 2.75) is 12.3 Å². The number of halogens is 1.